The zero-order chi connectivity index (χ0) is 21.2. The van der Waals surface area contributed by atoms with Crippen LogP contribution in [0.15, 0.2) is 75.2 Å². The summed E-state index contributed by atoms with van der Waals surface area (Å²) in [4.78, 5) is 7.96. The largest absolute Gasteiger partial charge is 0.452 e. The molecule has 7 heteroatoms. The number of aryl methyl sites for hydroxylation is 1. The molecule has 2 aromatic heterocycles. The van der Waals surface area contributed by atoms with Crippen molar-refractivity contribution in [2.45, 2.75) is 47.9 Å². The molecule has 0 aliphatic carbocycles. The summed E-state index contributed by atoms with van der Waals surface area (Å²) < 4.78 is 12.3. The molecule has 3 atom stereocenters. The Morgan fingerprint density at radius 1 is 1.16 bits per heavy atom. The van der Waals surface area contributed by atoms with Gasteiger partial charge in [-0.15, -0.1) is 0 Å². The minimum absolute atomic E-state index is 0.0704. The van der Waals surface area contributed by atoms with E-state index in [-0.39, 0.29) is 18.2 Å². The summed E-state index contributed by atoms with van der Waals surface area (Å²) in [6.45, 7) is 3.67. The third-order valence-corrected chi connectivity index (χ3v) is 7.04. The molecule has 0 bridgehead atoms. The minimum Gasteiger partial charge on any atom is -0.452 e. The van der Waals surface area contributed by atoms with Gasteiger partial charge in [0, 0.05) is 24.2 Å². The summed E-state index contributed by atoms with van der Waals surface area (Å²) in [5, 5.41) is 5.07. The third-order valence-electron chi connectivity index (χ3n) is 5.76. The number of nitrogens with one attached hydrogen (secondary N) is 1. The zero-order valence-electron chi connectivity index (χ0n) is 17.4. The van der Waals surface area contributed by atoms with Crippen molar-refractivity contribution in [3.8, 4) is 0 Å². The molecule has 3 aromatic rings. The number of hydrogen-bond donors (Lipinski definition) is 1. The fraction of sp³-hybridized carbons (Fsp3) is 0.333. The number of ether oxygens (including phenoxy) is 1. The molecular formula is C24H25N3O2S2. The molecule has 2 aliphatic rings. The van der Waals surface area contributed by atoms with Crippen molar-refractivity contribution in [1.82, 2.24) is 15.2 Å². The smallest absolute Gasteiger partial charge is 0.170 e. The van der Waals surface area contributed by atoms with Crippen LogP contribution in [-0.4, -0.2) is 34.3 Å². The molecule has 31 heavy (non-hydrogen) atoms. The van der Waals surface area contributed by atoms with E-state index in [0.29, 0.717) is 0 Å². The molecule has 0 spiro atoms. The molecule has 160 valence electrons. The van der Waals surface area contributed by atoms with Gasteiger partial charge in [0.1, 0.15) is 11.8 Å². The van der Waals surface area contributed by atoms with Crippen molar-refractivity contribution < 1.29 is 9.15 Å². The van der Waals surface area contributed by atoms with E-state index in [0.717, 1.165) is 52.5 Å². The molecule has 1 N–H and O–H groups in total. The first-order valence-corrected chi connectivity index (χ1v) is 11.8. The van der Waals surface area contributed by atoms with Gasteiger partial charge in [0.2, 0.25) is 0 Å². The number of hydrogen-bond acceptors (Lipinski definition) is 5. The second kappa shape index (κ2) is 9.02. The lowest BCUT2D eigenvalue weighted by Crippen LogP contribution is -2.36. The second-order valence-corrected chi connectivity index (χ2v) is 9.45. The summed E-state index contributed by atoms with van der Waals surface area (Å²) in [6, 6.07) is 18.4. The molecule has 5 rings (SSSR count). The Bertz CT molecular complexity index is 1030. The summed E-state index contributed by atoms with van der Waals surface area (Å²) in [7, 11) is 0. The molecule has 1 aromatic carbocycles. The minimum atomic E-state index is -0.0709. The van der Waals surface area contributed by atoms with E-state index in [1.807, 2.05) is 30.5 Å². The molecule has 0 radical (unpaired) electrons. The molecule has 5 nitrogen and oxygen atoms in total. The Balaban J connectivity index is 1.43. The number of furan rings is 1. The van der Waals surface area contributed by atoms with Crippen molar-refractivity contribution in [2.75, 3.05) is 13.2 Å². The standard InChI is InChI=1S/C24H25N3O2S2/c1-16-7-9-18(10-8-16)31-21-12-11-20(29-21)23-22(19-6-2-3-13-25-19)26-24(30)27(23)15-17-5-4-14-28-17/h2-3,6-13,17,22-23H,4-5,14-15H2,1H3,(H,26,30)/t17-,22-,23-/m1/s1. The van der Waals surface area contributed by atoms with Crippen LogP contribution in [0.1, 0.15) is 41.9 Å². The maximum absolute atomic E-state index is 6.35. The maximum atomic E-state index is 6.35. The lowest BCUT2D eigenvalue weighted by Gasteiger charge is -2.28. The van der Waals surface area contributed by atoms with Gasteiger partial charge in [0.05, 0.1) is 17.8 Å². The molecule has 2 saturated heterocycles. The highest BCUT2D eigenvalue weighted by molar-refractivity contribution is 7.99. The van der Waals surface area contributed by atoms with Crippen molar-refractivity contribution in [2.24, 2.45) is 0 Å². The highest BCUT2D eigenvalue weighted by Crippen LogP contribution is 2.41. The van der Waals surface area contributed by atoms with E-state index in [4.69, 9.17) is 21.4 Å². The number of nitrogens with zero attached hydrogens (tertiary/aromatic N) is 2. The van der Waals surface area contributed by atoms with Crippen LogP contribution in [0.4, 0.5) is 0 Å². The average Bonchev–Trinajstić information content (AvgIpc) is 3.52. The number of aromatic nitrogens is 1. The van der Waals surface area contributed by atoms with E-state index < -0.39 is 0 Å². The Labute approximate surface area is 192 Å². The monoisotopic (exact) mass is 451 g/mol. The third kappa shape index (κ3) is 4.49. The van der Waals surface area contributed by atoms with Gasteiger partial charge in [0.15, 0.2) is 10.2 Å². The first-order valence-electron chi connectivity index (χ1n) is 10.6. The van der Waals surface area contributed by atoms with E-state index in [2.05, 4.69) is 52.5 Å². The molecule has 2 aliphatic heterocycles. The molecule has 4 heterocycles. The van der Waals surface area contributed by atoms with Gasteiger partial charge in [0.25, 0.3) is 0 Å². The van der Waals surface area contributed by atoms with Gasteiger partial charge in [-0.2, -0.15) is 0 Å². The topological polar surface area (TPSA) is 50.5 Å². The maximum Gasteiger partial charge on any atom is 0.170 e. The average molecular weight is 452 g/mol. The van der Waals surface area contributed by atoms with Crippen LogP contribution in [-0.2, 0) is 4.74 Å². The lowest BCUT2D eigenvalue weighted by molar-refractivity contribution is 0.0812. The highest BCUT2D eigenvalue weighted by Gasteiger charge is 2.42. The van der Waals surface area contributed by atoms with Gasteiger partial charge in [-0.25, -0.2) is 0 Å². The van der Waals surface area contributed by atoms with E-state index in [9.17, 15) is 0 Å². The molecule has 2 fully saturated rings. The van der Waals surface area contributed by atoms with Crippen molar-refractivity contribution in [1.29, 1.82) is 0 Å². The fourth-order valence-electron chi connectivity index (χ4n) is 4.19. The van der Waals surface area contributed by atoms with Crippen LogP contribution in [0.25, 0.3) is 0 Å². The lowest BCUT2D eigenvalue weighted by atomic mass is 10.0. The first-order chi connectivity index (χ1) is 15.2. The molecule has 0 amide bonds. The normalized spacial score (nSPS) is 23.3. The van der Waals surface area contributed by atoms with Crippen LogP contribution in [0.3, 0.4) is 0 Å². The second-order valence-electron chi connectivity index (χ2n) is 7.99. The van der Waals surface area contributed by atoms with E-state index in [1.54, 1.807) is 11.8 Å². The Kier molecular flexibility index (Phi) is 5.98. The molecule has 0 unspecified atom stereocenters. The summed E-state index contributed by atoms with van der Waals surface area (Å²) >= 11 is 7.37. The van der Waals surface area contributed by atoms with Crippen LogP contribution >= 0.6 is 24.0 Å². The Morgan fingerprint density at radius 3 is 2.77 bits per heavy atom. The number of benzene rings is 1. The van der Waals surface area contributed by atoms with Crippen molar-refractivity contribution >= 4 is 29.1 Å². The fourth-order valence-corrected chi connectivity index (χ4v) is 5.28. The van der Waals surface area contributed by atoms with Gasteiger partial charge >= 0.3 is 0 Å². The summed E-state index contributed by atoms with van der Waals surface area (Å²) in [6.07, 6.45) is 4.18. The summed E-state index contributed by atoms with van der Waals surface area (Å²) in [5.74, 6) is 0.885. The number of rotatable bonds is 6. The van der Waals surface area contributed by atoms with Crippen molar-refractivity contribution in [3.63, 3.8) is 0 Å². The van der Waals surface area contributed by atoms with Crippen LogP contribution in [0, 0.1) is 6.92 Å². The van der Waals surface area contributed by atoms with E-state index >= 15 is 0 Å². The van der Waals surface area contributed by atoms with Gasteiger partial charge in [-0.1, -0.05) is 35.5 Å². The number of thiocarbonyl (C=S) groups is 1. The SMILES string of the molecule is Cc1ccc(Sc2ccc([C@@H]3[C@@H](c4ccccn4)NC(=S)N3C[C@H]3CCCO3)o2)cc1. The van der Waals surface area contributed by atoms with Crippen LogP contribution in [0.5, 0.6) is 0 Å². The number of pyridine rings is 1. The zero-order valence-corrected chi connectivity index (χ0v) is 19.0. The predicted octanol–water partition coefficient (Wildman–Crippen LogP) is 5.29. The van der Waals surface area contributed by atoms with Gasteiger partial charge in [-0.05, 0) is 68.4 Å². The van der Waals surface area contributed by atoms with Gasteiger partial charge in [-0.3, -0.25) is 4.98 Å². The van der Waals surface area contributed by atoms with Crippen LogP contribution in [0.2, 0.25) is 0 Å². The molecular weight excluding hydrogens is 426 g/mol. The quantitative estimate of drug-likeness (QED) is 0.511. The molecule has 0 saturated carbocycles. The Hall–Kier alpha value is -2.35. The first kappa shape index (κ1) is 20.5. The summed E-state index contributed by atoms with van der Waals surface area (Å²) in [5.41, 5.74) is 2.20. The van der Waals surface area contributed by atoms with Crippen molar-refractivity contribution in [3.05, 3.63) is 77.8 Å². The van der Waals surface area contributed by atoms with E-state index in [1.165, 1.54) is 5.56 Å². The van der Waals surface area contributed by atoms with Crippen LogP contribution < -0.4 is 5.32 Å². The predicted molar refractivity (Wildman–Crippen MR) is 125 cm³/mol. The highest BCUT2D eigenvalue weighted by atomic mass is 32.2. The Morgan fingerprint density at radius 2 is 2.03 bits per heavy atom. The van der Waals surface area contributed by atoms with Gasteiger partial charge < -0.3 is 19.4 Å².